The number of hydrogen-bond acceptors (Lipinski definition) is 3. The number of benzene rings is 1. The summed E-state index contributed by atoms with van der Waals surface area (Å²) in [7, 11) is 0. The van der Waals surface area contributed by atoms with E-state index in [1.807, 2.05) is 0 Å². The van der Waals surface area contributed by atoms with Crippen LogP contribution in [0.15, 0.2) is 36.5 Å². The van der Waals surface area contributed by atoms with Crippen LogP contribution in [-0.4, -0.2) is 16.1 Å². The van der Waals surface area contributed by atoms with E-state index < -0.39 is 23.2 Å². The zero-order chi connectivity index (χ0) is 13.1. The maximum Gasteiger partial charge on any atom is 0.338 e. The molecule has 1 heterocycles. The first-order valence-corrected chi connectivity index (χ1v) is 4.98. The standard InChI is InChI=1S/C12H8F2N2O2/c13-7-2-1-3-8(6-7)16-11-10(14)9(12(17)18)4-5-15-11/h1-6H,(H,15,16)(H,17,18). The van der Waals surface area contributed by atoms with Crippen molar-refractivity contribution in [2.75, 3.05) is 5.32 Å². The predicted octanol–water partition coefficient (Wildman–Crippen LogP) is 2.80. The maximum atomic E-state index is 13.7. The van der Waals surface area contributed by atoms with Gasteiger partial charge >= 0.3 is 5.97 Å². The van der Waals surface area contributed by atoms with E-state index >= 15 is 0 Å². The van der Waals surface area contributed by atoms with Gasteiger partial charge in [-0.25, -0.2) is 18.6 Å². The summed E-state index contributed by atoms with van der Waals surface area (Å²) in [5.41, 5.74) is -0.215. The van der Waals surface area contributed by atoms with Gasteiger partial charge < -0.3 is 10.4 Å². The Labute approximate surface area is 101 Å². The zero-order valence-electron chi connectivity index (χ0n) is 9.02. The van der Waals surface area contributed by atoms with E-state index in [-0.39, 0.29) is 11.5 Å². The molecule has 2 N–H and O–H groups in total. The molecule has 6 heteroatoms. The van der Waals surface area contributed by atoms with Crippen LogP contribution in [0, 0.1) is 11.6 Å². The van der Waals surface area contributed by atoms with Crippen LogP contribution in [0.5, 0.6) is 0 Å². The number of carboxylic acid groups (broad SMARTS) is 1. The van der Waals surface area contributed by atoms with Crippen LogP contribution in [0.25, 0.3) is 0 Å². The molecule has 0 amide bonds. The smallest absolute Gasteiger partial charge is 0.338 e. The Bertz CT molecular complexity index is 602. The lowest BCUT2D eigenvalue weighted by Gasteiger charge is -2.07. The lowest BCUT2D eigenvalue weighted by molar-refractivity contribution is 0.0692. The number of nitrogens with one attached hydrogen (secondary N) is 1. The minimum atomic E-state index is -1.39. The van der Waals surface area contributed by atoms with Crippen molar-refractivity contribution in [3.63, 3.8) is 0 Å². The van der Waals surface area contributed by atoms with Crippen LogP contribution in [-0.2, 0) is 0 Å². The Morgan fingerprint density at radius 1 is 1.28 bits per heavy atom. The van der Waals surface area contributed by atoms with Crippen LogP contribution >= 0.6 is 0 Å². The van der Waals surface area contributed by atoms with Gasteiger partial charge in [-0.05, 0) is 24.3 Å². The van der Waals surface area contributed by atoms with Gasteiger partial charge in [0.25, 0.3) is 0 Å². The van der Waals surface area contributed by atoms with Crippen LogP contribution in [0.4, 0.5) is 20.3 Å². The van der Waals surface area contributed by atoms with Crippen LogP contribution in [0.2, 0.25) is 0 Å². The molecule has 2 aromatic rings. The summed E-state index contributed by atoms with van der Waals surface area (Å²) in [6.45, 7) is 0. The number of nitrogens with zero attached hydrogens (tertiary/aromatic N) is 1. The summed E-state index contributed by atoms with van der Waals surface area (Å²) in [6, 6.07) is 6.39. The number of rotatable bonds is 3. The Hall–Kier alpha value is -2.50. The molecule has 0 aliphatic carbocycles. The van der Waals surface area contributed by atoms with Crippen molar-refractivity contribution in [3.8, 4) is 0 Å². The normalized spacial score (nSPS) is 10.1. The second-order valence-electron chi connectivity index (χ2n) is 3.46. The maximum absolute atomic E-state index is 13.7. The molecule has 0 unspecified atom stereocenters. The molecular weight excluding hydrogens is 242 g/mol. The minimum Gasteiger partial charge on any atom is -0.478 e. The van der Waals surface area contributed by atoms with Gasteiger partial charge in [-0.2, -0.15) is 0 Å². The molecule has 0 aliphatic heterocycles. The minimum absolute atomic E-state index is 0.263. The molecule has 0 fully saturated rings. The van der Waals surface area contributed by atoms with Crippen LogP contribution in [0.1, 0.15) is 10.4 Å². The molecule has 1 aromatic heterocycles. The fourth-order valence-corrected chi connectivity index (χ4v) is 1.40. The van der Waals surface area contributed by atoms with E-state index in [2.05, 4.69) is 10.3 Å². The Balaban J connectivity index is 2.35. The molecule has 0 saturated heterocycles. The van der Waals surface area contributed by atoms with E-state index in [0.717, 1.165) is 18.3 Å². The molecule has 0 atom stereocenters. The molecule has 18 heavy (non-hydrogen) atoms. The Morgan fingerprint density at radius 2 is 2.06 bits per heavy atom. The van der Waals surface area contributed by atoms with Crippen molar-refractivity contribution in [3.05, 3.63) is 53.7 Å². The van der Waals surface area contributed by atoms with Crippen molar-refractivity contribution >= 4 is 17.5 Å². The fourth-order valence-electron chi connectivity index (χ4n) is 1.40. The number of hydrogen-bond donors (Lipinski definition) is 2. The summed E-state index contributed by atoms with van der Waals surface area (Å²) >= 11 is 0. The highest BCUT2D eigenvalue weighted by molar-refractivity contribution is 5.89. The SMILES string of the molecule is O=C(O)c1ccnc(Nc2cccc(F)c2)c1F. The third kappa shape index (κ3) is 2.42. The molecular formula is C12H8F2N2O2. The molecule has 0 radical (unpaired) electrons. The van der Waals surface area contributed by atoms with E-state index in [4.69, 9.17) is 5.11 Å². The third-order valence-corrected chi connectivity index (χ3v) is 2.21. The quantitative estimate of drug-likeness (QED) is 0.879. The largest absolute Gasteiger partial charge is 0.478 e. The van der Waals surface area contributed by atoms with Gasteiger partial charge in [-0.1, -0.05) is 6.07 Å². The number of carboxylic acids is 1. The molecule has 1 aromatic carbocycles. The van der Waals surface area contributed by atoms with E-state index in [1.165, 1.54) is 18.2 Å². The summed E-state index contributed by atoms with van der Waals surface area (Å²) in [5.74, 6) is -3.14. The predicted molar refractivity (Wildman–Crippen MR) is 60.8 cm³/mol. The molecule has 92 valence electrons. The van der Waals surface area contributed by atoms with E-state index in [1.54, 1.807) is 0 Å². The lowest BCUT2D eigenvalue weighted by Crippen LogP contribution is -2.05. The van der Waals surface area contributed by atoms with Gasteiger partial charge in [0.2, 0.25) is 0 Å². The number of aromatic carboxylic acids is 1. The van der Waals surface area contributed by atoms with Crippen molar-refractivity contribution in [2.24, 2.45) is 0 Å². The van der Waals surface area contributed by atoms with Gasteiger partial charge in [0.05, 0.1) is 0 Å². The molecule has 0 bridgehead atoms. The monoisotopic (exact) mass is 250 g/mol. The van der Waals surface area contributed by atoms with Gasteiger partial charge in [0, 0.05) is 11.9 Å². The number of anilines is 2. The first kappa shape index (κ1) is 12.0. The molecule has 0 spiro atoms. The Morgan fingerprint density at radius 3 is 2.72 bits per heavy atom. The van der Waals surface area contributed by atoms with Gasteiger partial charge in [0.1, 0.15) is 11.4 Å². The summed E-state index contributed by atoms with van der Waals surface area (Å²) in [5, 5.41) is 11.3. The number of pyridine rings is 1. The highest BCUT2D eigenvalue weighted by Gasteiger charge is 2.15. The van der Waals surface area contributed by atoms with Crippen molar-refractivity contribution in [1.82, 2.24) is 4.98 Å². The van der Waals surface area contributed by atoms with Gasteiger partial charge in [-0.3, -0.25) is 0 Å². The summed E-state index contributed by atoms with van der Waals surface area (Å²) < 4.78 is 26.6. The average molecular weight is 250 g/mol. The first-order valence-electron chi connectivity index (χ1n) is 4.98. The molecule has 2 rings (SSSR count). The molecule has 4 nitrogen and oxygen atoms in total. The van der Waals surface area contributed by atoms with Crippen LogP contribution < -0.4 is 5.32 Å². The summed E-state index contributed by atoms with van der Waals surface area (Å²) in [6.07, 6.45) is 1.16. The highest BCUT2D eigenvalue weighted by Crippen LogP contribution is 2.20. The average Bonchev–Trinajstić information content (AvgIpc) is 2.31. The second kappa shape index (κ2) is 4.79. The van der Waals surface area contributed by atoms with Crippen molar-refractivity contribution in [2.45, 2.75) is 0 Å². The van der Waals surface area contributed by atoms with Crippen molar-refractivity contribution < 1.29 is 18.7 Å². The fraction of sp³-hybridized carbons (Fsp3) is 0. The van der Waals surface area contributed by atoms with E-state index in [0.29, 0.717) is 0 Å². The van der Waals surface area contributed by atoms with E-state index in [9.17, 15) is 13.6 Å². The van der Waals surface area contributed by atoms with Crippen LogP contribution in [0.3, 0.4) is 0 Å². The molecule has 0 aliphatic rings. The lowest BCUT2D eigenvalue weighted by atomic mass is 10.2. The van der Waals surface area contributed by atoms with Gasteiger partial charge in [-0.15, -0.1) is 0 Å². The third-order valence-electron chi connectivity index (χ3n) is 2.21. The molecule has 0 saturated carbocycles. The number of aromatic nitrogens is 1. The topological polar surface area (TPSA) is 62.2 Å². The highest BCUT2D eigenvalue weighted by atomic mass is 19.1. The summed E-state index contributed by atoms with van der Waals surface area (Å²) in [4.78, 5) is 14.4. The zero-order valence-corrected chi connectivity index (χ0v) is 9.02. The second-order valence-corrected chi connectivity index (χ2v) is 3.46. The number of halogens is 2. The van der Waals surface area contributed by atoms with Gasteiger partial charge in [0.15, 0.2) is 11.6 Å². The van der Waals surface area contributed by atoms with Crippen molar-refractivity contribution in [1.29, 1.82) is 0 Å². The number of carbonyl (C=O) groups is 1. The first-order chi connectivity index (χ1) is 8.58. The Kier molecular flexibility index (Phi) is 3.18.